The van der Waals surface area contributed by atoms with E-state index in [1.54, 1.807) is 36.4 Å². The first-order valence-corrected chi connectivity index (χ1v) is 23.3. The number of ether oxygens (including phenoxy) is 3. The van der Waals surface area contributed by atoms with Crippen molar-refractivity contribution in [3.8, 4) is 17.4 Å². The second kappa shape index (κ2) is 19.9. The van der Waals surface area contributed by atoms with E-state index in [0.717, 1.165) is 4.57 Å². The van der Waals surface area contributed by atoms with E-state index in [1.165, 1.54) is 69.6 Å². The number of para-hydroxylation sites is 2. The van der Waals surface area contributed by atoms with Crippen molar-refractivity contribution in [2.45, 2.75) is 68.5 Å². The van der Waals surface area contributed by atoms with Crippen LogP contribution in [0.15, 0.2) is 78.3 Å². The van der Waals surface area contributed by atoms with Crippen molar-refractivity contribution in [2.24, 2.45) is 10.7 Å². The highest BCUT2D eigenvalue weighted by atomic mass is 31.2. The van der Waals surface area contributed by atoms with E-state index in [-0.39, 0.29) is 71.5 Å². The predicted octanol–water partition coefficient (Wildman–Crippen LogP) is 1.29. The lowest BCUT2D eigenvalue weighted by Crippen LogP contribution is -2.48. The van der Waals surface area contributed by atoms with Crippen LogP contribution in [0, 0.1) is 0 Å². The van der Waals surface area contributed by atoms with Crippen molar-refractivity contribution in [1.82, 2.24) is 39.2 Å². The number of hydrogen-bond donors (Lipinski definition) is 10. The second-order valence-corrected chi connectivity index (χ2v) is 18.9. The molecule has 5 heterocycles. The van der Waals surface area contributed by atoms with Crippen molar-refractivity contribution in [2.75, 3.05) is 51.6 Å². The molecule has 2 aliphatic heterocycles. The normalized spacial score (nSPS) is 24.2. The van der Waals surface area contributed by atoms with Crippen LogP contribution in [0.4, 0.5) is 11.8 Å². The number of aromatic nitrogens is 6. The van der Waals surface area contributed by atoms with Crippen molar-refractivity contribution in [3.63, 3.8) is 0 Å². The molecular weight excluding hydrogens is 910 g/mol. The molecule has 5 aromatic rings. The van der Waals surface area contributed by atoms with Crippen LogP contribution in [-0.4, -0.2) is 131 Å². The lowest BCUT2D eigenvalue weighted by atomic mass is 9.94. The fourth-order valence-electron chi connectivity index (χ4n) is 7.01. The zero-order valence-electron chi connectivity index (χ0n) is 36.0. The Balaban J connectivity index is 1.00. The molecule has 12 N–H and O–H groups in total. The summed E-state index contributed by atoms with van der Waals surface area (Å²) in [6.07, 6.45) is -6.30. The van der Waals surface area contributed by atoms with Gasteiger partial charge in [-0.25, -0.2) is 34.3 Å². The highest BCUT2D eigenvalue weighted by molar-refractivity contribution is 7.52. The van der Waals surface area contributed by atoms with E-state index in [1.807, 2.05) is 0 Å². The first kappa shape index (κ1) is 48.6. The summed E-state index contributed by atoms with van der Waals surface area (Å²) in [5.41, 5.74) is 8.19. The van der Waals surface area contributed by atoms with Gasteiger partial charge in [0.25, 0.3) is 0 Å². The molecule has 0 bridgehead atoms. The molecule has 0 spiro atoms. The van der Waals surface area contributed by atoms with Gasteiger partial charge in [0, 0.05) is 26.6 Å². The number of hydrogen-bond acceptors (Lipinski definition) is 22. The number of nitrogens with one attached hydrogen (secondary N) is 3. The van der Waals surface area contributed by atoms with Gasteiger partial charge in [-0.15, -0.1) is 0 Å². The summed E-state index contributed by atoms with van der Waals surface area (Å²) in [6, 6.07) is 16.1. The summed E-state index contributed by atoms with van der Waals surface area (Å²) in [5.74, 6) is 0.404. The molecule has 0 radical (unpaired) electrons. The van der Waals surface area contributed by atoms with Gasteiger partial charge in [0.1, 0.15) is 46.4 Å². The van der Waals surface area contributed by atoms with Crippen molar-refractivity contribution >= 4 is 44.4 Å². The fourth-order valence-corrected chi connectivity index (χ4v) is 9.69. The Hall–Kier alpha value is -5.31. The fraction of sp³-hybridized carbons (Fsp3) is 0.447. The molecule has 3 aromatic heterocycles. The number of aliphatic imine (C=N–C) groups is 1. The van der Waals surface area contributed by atoms with Gasteiger partial charge in [0.2, 0.25) is 11.8 Å². The molecule has 0 saturated carbocycles. The summed E-state index contributed by atoms with van der Waals surface area (Å²) < 4.78 is 70.7. The number of anilines is 2. The number of nitrogens with zero attached hydrogens (tertiary/aromatic N) is 7. The number of nitrogens with two attached hydrogens (primary N) is 2. The summed E-state index contributed by atoms with van der Waals surface area (Å²) >= 11 is 0. The molecule has 2 aromatic carbocycles. The average Bonchev–Trinajstić information content (AvgIpc) is 3.97. The molecule has 1 fully saturated rings. The largest absolute Gasteiger partial charge is 0.479 e. The van der Waals surface area contributed by atoms with Gasteiger partial charge in [-0.05, 0) is 38.1 Å². The van der Waals surface area contributed by atoms with Crippen LogP contribution in [-0.2, 0) is 27.7 Å². The summed E-state index contributed by atoms with van der Waals surface area (Å²) in [6.45, 7) is 0.997. The zero-order chi connectivity index (χ0) is 47.4. The molecule has 2 aliphatic rings. The molecule has 7 rings (SSSR count). The van der Waals surface area contributed by atoms with E-state index in [9.17, 15) is 34.7 Å². The maximum Gasteiger partial charge on any atom is 0.458 e. The number of aliphatic hydroxyl groups is 5. The Morgan fingerprint density at radius 1 is 0.955 bits per heavy atom. The average molecular weight is 963 g/mol. The minimum atomic E-state index is -4.37. The molecule has 10 atom stereocenters. The van der Waals surface area contributed by atoms with Gasteiger partial charge in [-0.2, -0.15) is 9.97 Å². The van der Waals surface area contributed by atoms with E-state index in [4.69, 9.17) is 43.8 Å². The van der Waals surface area contributed by atoms with Crippen LogP contribution < -0.4 is 40.7 Å². The highest BCUT2D eigenvalue weighted by Gasteiger charge is 2.54. The minimum absolute atomic E-state index is 0.0266. The summed E-state index contributed by atoms with van der Waals surface area (Å²) in [5, 5.41) is 64.6. The first-order chi connectivity index (χ1) is 31.4. The van der Waals surface area contributed by atoms with Gasteiger partial charge >= 0.3 is 15.5 Å². The number of nitrogen functional groups attached to an aromatic ring is 1. The Bertz CT molecular complexity index is 2570. The maximum absolute atomic E-state index is 14.3. The topological polar surface area (TPSA) is 362 Å². The van der Waals surface area contributed by atoms with Crippen LogP contribution in [0.2, 0.25) is 0 Å². The Morgan fingerprint density at radius 3 is 2.18 bits per heavy atom. The number of methoxy groups -OCH3 is 2. The number of rotatable bonds is 22. The lowest BCUT2D eigenvalue weighted by Gasteiger charge is -2.35. The van der Waals surface area contributed by atoms with Crippen molar-refractivity contribution in [3.05, 3.63) is 79.0 Å². The number of guanidine groups is 1. The van der Waals surface area contributed by atoms with E-state index in [2.05, 4.69) is 40.4 Å². The number of imidazole rings is 2. The molecule has 66 heavy (non-hydrogen) atoms. The SMILES string of the molecule is COc1nc(N)nc2c1ncn2[C@@H]1O[C@H](COP(=O)(NCCNP(=O)(OCC[C@@H](O)[C@@](C)(O)[C@@H](O)n2cnc3c2NC(N)=NC3OC)Oc2ccccc2)Oc2ccccc2)[C@@H](O)[C@@]1(C)O. The minimum Gasteiger partial charge on any atom is -0.479 e. The number of benzene rings is 2. The summed E-state index contributed by atoms with van der Waals surface area (Å²) in [4.78, 5) is 20.8. The second-order valence-electron chi connectivity index (χ2n) is 15.4. The monoisotopic (exact) mass is 962 g/mol. The quantitative estimate of drug-likeness (QED) is 0.0345. The Kier molecular flexibility index (Phi) is 14.6. The third kappa shape index (κ3) is 10.5. The van der Waals surface area contributed by atoms with Gasteiger partial charge < -0.3 is 65.6 Å². The zero-order valence-corrected chi connectivity index (χ0v) is 37.8. The molecule has 1 saturated heterocycles. The third-order valence-corrected chi connectivity index (χ3v) is 13.7. The van der Waals surface area contributed by atoms with Gasteiger partial charge in [-0.1, -0.05) is 36.4 Å². The maximum atomic E-state index is 14.3. The van der Waals surface area contributed by atoms with Crippen LogP contribution in [0.1, 0.15) is 44.6 Å². The molecule has 28 heteroatoms. The van der Waals surface area contributed by atoms with E-state index < -0.39 is 76.9 Å². The molecule has 26 nitrogen and oxygen atoms in total. The van der Waals surface area contributed by atoms with Gasteiger partial charge in [0.15, 0.2) is 35.8 Å². The lowest BCUT2D eigenvalue weighted by molar-refractivity contribution is -0.165. The van der Waals surface area contributed by atoms with E-state index in [0.29, 0.717) is 0 Å². The van der Waals surface area contributed by atoms with Crippen LogP contribution in [0.5, 0.6) is 17.4 Å². The molecular formula is C38H52N12O14P2. The molecule has 358 valence electrons. The van der Waals surface area contributed by atoms with Gasteiger partial charge in [0.05, 0.1) is 39.1 Å². The molecule has 0 amide bonds. The van der Waals surface area contributed by atoms with E-state index >= 15 is 0 Å². The smallest absolute Gasteiger partial charge is 0.458 e. The third-order valence-electron chi connectivity index (χ3n) is 10.6. The Morgan fingerprint density at radius 2 is 1.58 bits per heavy atom. The first-order valence-electron chi connectivity index (χ1n) is 20.2. The van der Waals surface area contributed by atoms with Crippen molar-refractivity contribution in [1.29, 1.82) is 0 Å². The van der Waals surface area contributed by atoms with Crippen molar-refractivity contribution < 1.29 is 67.0 Å². The van der Waals surface area contributed by atoms with Crippen LogP contribution in [0.3, 0.4) is 0 Å². The molecule has 3 unspecified atom stereocenters. The highest BCUT2D eigenvalue weighted by Crippen LogP contribution is 2.48. The number of fused-ring (bicyclic) bond motifs is 2. The predicted molar refractivity (Wildman–Crippen MR) is 234 cm³/mol. The standard InChI is InChI=1S/C38H52N12O14P2/c1-37(54,33(53)49-20-41-26-29(49)45-35(39)47-31(26)58-3)25(51)15-18-60-65(56,63-22-11-7-5-8-12-22)43-16-17-44-66(57,64-23-13-9-6-10-14-23)61-19-24-28(52)38(2,55)34(62-24)50-21-42-27-30(50)46-36(40)48-32(27)59-4/h5-14,20-21,24-25,28,31,33-34,51-55H,15-19H2,1-4H3,(H,43,56)(H,44,57)(H3,39,45,47)(H2,40,46,48)/t24-,25-,28-,31?,33-,34-,37-,38-,65?,66?/m1/s1. The molecule has 0 aliphatic carbocycles. The van der Waals surface area contributed by atoms with Gasteiger partial charge in [-0.3, -0.25) is 18.2 Å². The number of aliphatic hydroxyl groups excluding tert-OH is 3. The van der Waals surface area contributed by atoms with Crippen LogP contribution >= 0.6 is 15.5 Å². The Labute approximate surface area is 377 Å². The van der Waals surface area contributed by atoms with Crippen LogP contribution in [0.25, 0.3) is 11.2 Å². The summed E-state index contributed by atoms with van der Waals surface area (Å²) in [7, 11) is -5.91.